The Hall–Kier alpha value is -0.180. The van der Waals surface area contributed by atoms with Crippen molar-refractivity contribution in [3.8, 4) is 0 Å². The maximum atomic E-state index is 12.5. The summed E-state index contributed by atoms with van der Waals surface area (Å²) in [4.78, 5) is 0. The third kappa shape index (κ3) is 3.97. The molecule has 0 amide bonds. The summed E-state index contributed by atoms with van der Waals surface area (Å²) in [7, 11) is -9.23. The van der Waals surface area contributed by atoms with Gasteiger partial charge >= 0.3 is 0 Å². The highest BCUT2D eigenvalue weighted by molar-refractivity contribution is 7.90. The Kier molecular flexibility index (Phi) is 6.05. The molecule has 0 aromatic rings. The van der Waals surface area contributed by atoms with Crippen LogP contribution in [0.4, 0.5) is 0 Å². The minimum atomic E-state index is -4.67. The Balaban J connectivity index is 2.54. The van der Waals surface area contributed by atoms with Gasteiger partial charge in [0.2, 0.25) is 0 Å². The monoisotopic (exact) mass is 382 g/mol. The molecule has 0 radical (unpaired) electrons. The molecule has 24 heavy (non-hydrogen) atoms. The van der Waals surface area contributed by atoms with Gasteiger partial charge in [-0.2, -0.15) is 16.8 Å². The minimum Gasteiger partial charge on any atom is -0.285 e. The van der Waals surface area contributed by atoms with Crippen LogP contribution in [0.5, 0.6) is 0 Å². The lowest BCUT2D eigenvalue weighted by Gasteiger charge is -2.45. The van der Waals surface area contributed by atoms with Crippen LogP contribution < -0.4 is 0 Å². The normalized spacial score (nSPS) is 26.3. The molecule has 2 N–H and O–H groups in total. The first-order valence-corrected chi connectivity index (χ1v) is 12.0. The van der Waals surface area contributed by atoms with Gasteiger partial charge in [0.05, 0.1) is 5.75 Å². The third-order valence-corrected chi connectivity index (χ3v) is 9.52. The second kappa shape index (κ2) is 7.21. The van der Waals surface area contributed by atoms with E-state index in [-0.39, 0.29) is 11.8 Å². The van der Waals surface area contributed by atoms with E-state index in [1.54, 1.807) is 13.8 Å². The zero-order chi connectivity index (χ0) is 18.2. The van der Waals surface area contributed by atoms with E-state index in [1.807, 2.05) is 0 Å². The standard InChI is InChI=1S/C16H30O6S2/c1-12(14-7-3-4-8-14)16(24(20,21)22,11-23(17,18)19)13(2)15-9-5-6-10-15/h12-15H,3-11H2,1-2H3,(H,17,18,19)(H,20,21,22). The maximum absolute atomic E-state index is 12.5. The Labute approximate surface area is 145 Å². The van der Waals surface area contributed by atoms with Gasteiger partial charge in [0.25, 0.3) is 20.2 Å². The molecule has 8 heteroatoms. The first kappa shape index (κ1) is 20.1. The van der Waals surface area contributed by atoms with Gasteiger partial charge in [-0.25, -0.2) is 0 Å². The van der Waals surface area contributed by atoms with E-state index in [1.165, 1.54) is 0 Å². The van der Waals surface area contributed by atoms with E-state index in [0.717, 1.165) is 51.4 Å². The van der Waals surface area contributed by atoms with Gasteiger partial charge in [0, 0.05) is 0 Å². The van der Waals surface area contributed by atoms with Crippen LogP contribution in [0.15, 0.2) is 0 Å². The fourth-order valence-corrected chi connectivity index (χ4v) is 8.68. The summed E-state index contributed by atoms with van der Waals surface area (Å²) >= 11 is 0. The van der Waals surface area contributed by atoms with Crippen LogP contribution in [-0.4, -0.2) is 36.4 Å². The van der Waals surface area contributed by atoms with E-state index in [9.17, 15) is 25.9 Å². The summed E-state index contributed by atoms with van der Waals surface area (Å²) in [5.74, 6) is -1.86. The Morgan fingerprint density at radius 2 is 1.17 bits per heavy atom. The molecule has 2 atom stereocenters. The lowest BCUT2D eigenvalue weighted by atomic mass is 9.71. The quantitative estimate of drug-likeness (QED) is 0.655. The smallest absolute Gasteiger partial charge is 0.272 e. The fraction of sp³-hybridized carbons (Fsp3) is 1.00. The minimum absolute atomic E-state index is 0.0533. The van der Waals surface area contributed by atoms with Crippen LogP contribution in [0.3, 0.4) is 0 Å². The molecule has 0 aliphatic heterocycles. The van der Waals surface area contributed by atoms with Crippen LogP contribution in [0.2, 0.25) is 0 Å². The molecule has 2 rings (SSSR count). The first-order valence-electron chi connectivity index (χ1n) is 8.91. The predicted molar refractivity (Wildman–Crippen MR) is 92.9 cm³/mol. The maximum Gasteiger partial charge on any atom is 0.272 e. The number of rotatable bonds is 7. The van der Waals surface area contributed by atoms with Crippen LogP contribution >= 0.6 is 0 Å². The lowest BCUT2D eigenvalue weighted by molar-refractivity contribution is 0.168. The average molecular weight is 383 g/mol. The second-order valence-electron chi connectivity index (χ2n) is 7.82. The van der Waals surface area contributed by atoms with Crippen molar-refractivity contribution in [1.82, 2.24) is 0 Å². The van der Waals surface area contributed by atoms with E-state index in [2.05, 4.69) is 0 Å². The largest absolute Gasteiger partial charge is 0.285 e. The van der Waals surface area contributed by atoms with Crippen molar-refractivity contribution in [3.05, 3.63) is 0 Å². The van der Waals surface area contributed by atoms with Gasteiger partial charge in [-0.1, -0.05) is 65.2 Å². The van der Waals surface area contributed by atoms with Crippen LogP contribution in [0.1, 0.15) is 65.2 Å². The average Bonchev–Trinajstić information content (AvgIpc) is 3.12. The molecule has 0 heterocycles. The molecule has 0 saturated heterocycles. The summed E-state index contributed by atoms with van der Waals surface area (Å²) in [6.07, 6.45) is 7.28. The molecule has 0 spiro atoms. The summed E-state index contributed by atoms with van der Waals surface area (Å²) < 4.78 is 66.2. The molecule has 2 aliphatic carbocycles. The highest BCUT2D eigenvalue weighted by Crippen LogP contribution is 2.49. The molecule has 2 aliphatic rings. The van der Waals surface area contributed by atoms with Crippen molar-refractivity contribution >= 4 is 20.2 Å². The van der Waals surface area contributed by atoms with E-state index < -0.39 is 42.6 Å². The summed E-state index contributed by atoms with van der Waals surface area (Å²) in [6.45, 7) is 3.47. The summed E-state index contributed by atoms with van der Waals surface area (Å²) in [5, 5.41) is 0. The second-order valence-corrected chi connectivity index (χ2v) is 11.0. The molecule has 2 fully saturated rings. The SMILES string of the molecule is CC(C1CCCC1)C(CS(=O)(=O)O)(C(C)C1CCCC1)S(=O)(=O)O. The van der Waals surface area contributed by atoms with Crippen molar-refractivity contribution in [2.45, 2.75) is 70.0 Å². The third-order valence-electron chi connectivity index (χ3n) is 6.64. The Bertz CT molecular complexity index is 605. The molecule has 6 nitrogen and oxygen atoms in total. The highest BCUT2D eigenvalue weighted by atomic mass is 32.2. The van der Waals surface area contributed by atoms with Gasteiger partial charge in [-0.3, -0.25) is 9.11 Å². The Morgan fingerprint density at radius 3 is 1.42 bits per heavy atom. The molecule has 2 unspecified atom stereocenters. The van der Waals surface area contributed by atoms with E-state index in [4.69, 9.17) is 0 Å². The van der Waals surface area contributed by atoms with E-state index >= 15 is 0 Å². The van der Waals surface area contributed by atoms with E-state index in [0.29, 0.717) is 0 Å². The van der Waals surface area contributed by atoms with Crippen molar-refractivity contribution in [1.29, 1.82) is 0 Å². The number of hydrogen-bond donors (Lipinski definition) is 2. The van der Waals surface area contributed by atoms with Gasteiger partial charge in [-0.05, 0) is 23.7 Å². The first-order chi connectivity index (χ1) is 11.0. The van der Waals surface area contributed by atoms with Crippen LogP contribution in [0, 0.1) is 23.7 Å². The summed E-state index contributed by atoms with van der Waals surface area (Å²) in [6, 6.07) is 0. The van der Waals surface area contributed by atoms with Crippen molar-refractivity contribution in [2.24, 2.45) is 23.7 Å². The van der Waals surface area contributed by atoms with Gasteiger partial charge in [0.15, 0.2) is 0 Å². The van der Waals surface area contributed by atoms with Gasteiger partial charge in [-0.15, -0.1) is 0 Å². The molecular formula is C16H30O6S2. The molecule has 0 aromatic heterocycles. The lowest BCUT2D eigenvalue weighted by Crippen LogP contribution is -2.57. The predicted octanol–water partition coefficient (Wildman–Crippen LogP) is 3.15. The molecule has 0 aromatic carbocycles. The highest BCUT2D eigenvalue weighted by Gasteiger charge is 2.58. The summed E-state index contributed by atoms with van der Waals surface area (Å²) in [5.41, 5.74) is 0. The van der Waals surface area contributed by atoms with Crippen LogP contribution in [0.25, 0.3) is 0 Å². The fourth-order valence-electron chi connectivity index (χ4n) is 5.22. The van der Waals surface area contributed by atoms with Gasteiger partial charge < -0.3 is 0 Å². The molecular weight excluding hydrogens is 352 g/mol. The van der Waals surface area contributed by atoms with Crippen molar-refractivity contribution in [2.75, 3.05) is 5.75 Å². The zero-order valence-electron chi connectivity index (χ0n) is 14.5. The zero-order valence-corrected chi connectivity index (χ0v) is 16.2. The molecule has 0 bridgehead atoms. The number of hydrogen-bond acceptors (Lipinski definition) is 4. The van der Waals surface area contributed by atoms with Crippen LogP contribution in [-0.2, 0) is 20.2 Å². The Morgan fingerprint density at radius 1 is 0.833 bits per heavy atom. The van der Waals surface area contributed by atoms with Crippen molar-refractivity contribution < 1.29 is 25.9 Å². The molecule has 142 valence electrons. The molecule has 2 saturated carbocycles. The topological polar surface area (TPSA) is 109 Å². The van der Waals surface area contributed by atoms with Crippen molar-refractivity contribution in [3.63, 3.8) is 0 Å². The van der Waals surface area contributed by atoms with Gasteiger partial charge in [0.1, 0.15) is 4.75 Å².